The second kappa shape index (κ2) is 6.69. The summed E-state index contributed by atoms with van der Waals surface area (Å²) in [5.41, 5.74) is 5.45. The Labute approximate surface area is 178 Å². The van der Waals surface area contributed by atoms with Crippen LogP contribution in [-0.4, -0.2) is 25.7 Å². The standard InChI is InChI=1S/C26H28N2O2/c1-25(2)17-11-7-9-13-19(17)27(5)23(25)15-21(29)22(30)16-24-26(3,4)18-12-8-10-14-20(18)28(24)6/h7-16H,1-6H3/b23-15+,24-16+. The molecule has 0 aliphatic carbocycles. The molecule has 2 heterocycles. The summed E-state index contributed by atoms with van der Waals surface area (Å²) >= 11 is 0. The van der Waals surface area contributed by atoms with Crippen LogP contribution in [0, 0.1) is 0 Å². The van der Waals surface area contributed by atoms with Gasteiger partial charge in [0, 0.05) is 59.8 Å². The molecule has 4 heteroatoms. The summed E-state index contributed by atoms with van der Waals surface area (Å²) in [6, 6.07) is 16.2. The van der Waals surface area contributed by atoms with Gasteiger partial charge in [0.2, 0.25) is 11.6 Å². The molecule has 2 aromatic carbocycles. The van der Waals surface area contributed by atoms with E-state index >= 15 is 0 Å². The highest BCUT2D eigenvalue weighted by Crippen LogP contribution is 2.47. The highest BCUT2D eigenvalue weighted by atomic mass is 16.2. The van der Waals surface area contributed by atoms with Gasteiger partial charge in [0.05, 0.1) is 0 Å². The zero-order chi connectivity index (χ0) is 21.8. The molecule has 0 atom stereocenters. The zero-order valence-corrected chi connectivity index (χ0v) is 18.5. The minimum Gasteiger partial charge on any atom is -0.347 e. The number of ketones is 2. The molecular formula is C26H28N2O2. The number of rotatable bonds is 3. The Morgan fingerprint density at radius 2 is 1.00 bits per heavy atom. The predicted molar refractivity (Wildman–Crippen MR) is 122 cm³/mol. The van der Waals surface area contributed by atoms with Crippen molar-refractivity contribution in [2.75, 3.05) is 23.9 Å². The maximum Gasteiger partial charge on any atom is 0.227 e. The minimum absolute atomic E-state index is 0.339. The Morgan fingerprint density at radius 1 is 0.667 bits per heavy atom. The van der Waals surface area contributed by atoms with Crippen molar-refractivity contribution < 1.29 is 9.59 Å². The number of hydrogen-bond acceptors (Lipinski definition) is 4. The topological polar surface area (TPSA) is 40.6 Å². The van der Waals surface area contributed by atoms with Gasteiger partial charge in [-0.2, -0.15) is 0 Å². The fourth-order valence-corrected chi connectivity index (χ4v) is 4.91. The van der Waals surface area contributed by atoms with E-state index in [0.717, 1.165) is 33.9 Å². The van der Waals surface area contributed by atoms with Crippen LogP contribution < -0.4 is 9.80 Å². The van der Waals surface area contributed by atoms with Crippen molar-refractivity contribution in [3.8, 4) is 0 Å². The maximum atomic E-state index is 12.9. The highest BCUT2D eigenvalue weighted by molar-refractivity contribution is 6.46. The van der Waals surface area contributed by atoms with Crippen molar-refractivity contribution >= 4 is 22.9 Å². The molecule has 0 bridgehead atoms. The van der Waals surface area contributed by atoms with Gasteiger partial charge in [0.15, 0.2) is 0 Å². The second-order valence-corrected chi connectivity index (χ2v) is 9.19. The van der Waals surface area contributed by atoms with Crippen molar-refractivity contribution in [1.82, 2.24) is 0 Å². The van der Waals surface area contributed by atoms with Gasteiger partial charge >= 0.3 is 0 Å². The molecule has 0 spiro atoms. The lowest BCUT2D eigenvalue weighted by Gasteiger charge is -2.24. The van der Waals surface area contributed by atoms with Gasteiger partial charge in [0.25, 0.3) is 0 Å². The number of hydrogen-bond donors (Lipinski definition) is 0. The number of carbonyl (C=O) groups is 2. The summed E-state index contributed by atoms with van der Waals surface area (Å²) in [5.74, 6) is -0.990. The molecule has 0 N–H and O–H groups in total. The molecule has 0 amide bonds. The molecule has 2 aromatic rings. The van der Waals surface area contributed by atoms with Crippen LogP contribution in [-0.2, 0) is 20.4 Å². The molecule has 4 nitrogen and oxygen atoms in total. The van der Waals surface area contributed by atoms with Crippen LogP contribution in [0.25, 0.3) is 0 Å². The number of fused-ring (bicyclic) bond motifs is 2. The third-order valence-electron chi connectivity index (χ3n) is 6.66. The van der Waals surface area contributed by atoms with E-state index in [2.05, 4.69) is 39.8 Å². The molecule has 0 saturated carbocycles. The lowest BCUT2D eigenvalue weighted by Crippen LogP contribution is -2.27. The number of carbonyl (C=O) groups excluding carboxylic acids is 2. The van der Waals surface area contributed by atoms with Crippen LogP contribution in [0.5, 0.6) is 0 Å². The fraction of sp³-hybridized carbons (Fsp3) is 0.308. The minimum atomic E-state index is -0.495. The number of allylic oxidation sites excluding steroid dienone is 4. The summed E-state index contributed by atoms with van der Waals surface area (Å²) < 4.78 is 0. The molecule has 2 aliphatic rings. The average Bonchev–Trinajstić information content (AvgIpc) is 3.03. The Bertz CT molecular complexity index is 1030. The summed E-state index contributed by atoms with van der Waals surface area (Å²) in [7, 11) is 3.89. The van der Waals surface area contributed by atoms with Gasteiger partial charge in [-0.25, -0.2) is 0 Å². The Morgan fingerprint density at radius 3 is 1.33 bits per heavy atom. The summed E-state index contributed by atoms with van der Waals surface area (Å²) in [4.78, 5) is 29.9. The molecule has 4 rings (SSSR count). The van der Waals surface area contributed by atoms with E-state index in [4.69, 9.17) is 0 Å². The van der Waals surface area contributed by atoms with Crippen molar-refractivity contribution in [3.63, 3.8) is 0 Å². The fourth-order valence-electron chi connectivity index (χ4n) is 4.91. The maximum absolute atomic E-state index is 12.9. The number of benzene rings is 2. The third kappa shape index (κ3) is 2.82. The van der Waals surface area contributed by atoms with Crippen molar-refractivity contribution in [3.05, 3.63) is 83.2 Å². The monoisotopic (exact) mass is 400 g/mol. The van der Waals surface area contributed by atoms with Crippen molar-refractivity contribution in [1.29, 1.82) is 0 Å². The molecule has 2 aliphatic heterocycles. The molecule has 154 valence electrons. The second-order valence-electron chi connectivity index (χ2n) is 9.19. The quantitative estimate of drug-likeness (QED) is 0.551. The first kappa shape index (κ1) is 20.1. The van der Waals surface area contributed by atoms with Crippen molar-refractivity contribution in [2.24, 2.45) is 0 Å². The molecule has 0 radical (unpaired) electrons. The van der Waals surface area contributed by atoms with Crippen LogP contribution in [0.1, 0.15) is 38.8 Å². The molecule has 0 fully saturated rings. The van der Waals surface area contributed by atoms with Crippen LogP contribution in [0.15, 0.2) is 72.1 Å². The van der Waals surface area contributed by atoms with Gasteiger partial charge in [-0.3, -0.25) is 9.59 Å². The van der Waals surface area contributed by atoms with Gasteiger partial charge < -0.3 is 9.80 Å². The number of anilines is 2. The lowest BCUT2D eigenvalue weighted by molar-refractivity contribution is -0.131. The van der Waals surface area contributed by atoms with Crippen LogP contribution in [0.3, 0.4) is 0 Å². The molecule has 0 unspecified atom stereocenters. The van der Waals surface area contributed by atoms with Crippen molar-refractivity contribution in [2.45, 2.75) is 38.5 Å². The van der Waals surface area contributed by atoms with Crippen LogP contribution in [0.2, 0.25) is 0 Å². The van der Waals surface area contributed by atoms with Crippen LogP contribution >= 0.6 is 0 Å². The summed E-state index contributed by atoms with van der Waals surface area (Å²) in [6.07, 6.45) is 3.02. The van der Waals surface area contributed by atoms with E-state index in [0.29, 0.717) is 0 Å². The molecular weight excluding hydrogens is 372 g/mol. The number of para-hydroxylation sites is 2. The summed E-state index contributed by atoms with van der Waals surface area (Å²) in [6.45, 7) is 8.34. The first-order valence-corrected chi connectivity index (χ1v) is 10.3. The van der Waals surface area contributed by atoms with E-state index in [1.807, 2.05) is 60.3 Å². The SMILES string of the molecule is CN1/C(=C/C(=O)C(=O)/C=C2/N(C)c3ccccc3C2(C)C)C(C)(C)c2ccccc21. The molecule has 30 heavy (non-hydrogen) atoms. The summed E-state index contributed by atoms with van der Waals surface area (Å²) in [5, 5.41) is 0. The first-order chi connectivity index (χ1) is 14.1. The third-order valence-corrected chi connectivity index (χ3v) is 6.66. The molecule has 0 aromatic heterocycles. The van der Waals surface area contributed by atoms with Crippen LogP contribution in [0.4, 0.5) is 11.4 Å². The van der Waals surface area contributed by atoms with E-state index in [9.17, 15) is 9.59 Å². The Kier molecular flexibility index (Phi) is 4.50. The number of likely N-dealkylation sites (N-methyl/N-ethyl adjacent to an activating group) is 2. The zero-order valence-electron chi connectivity index (χ0n) is 18.5. The highest BCUT2D eigenvalue weighted by Gasteiger charge is 2.40. The Balaban J connectivity index is 1.67. The van der Waals surface area contributed by atoms with E-state index < -0.39 is 11.6 Å². The van der Waals surface area contributed by atoms with E-state index in [1.165, 1.54) is 12.2 Å². The molecule has 0 saturated heterocycles. The van der Waals surface area contributed by atoms with Gasteiger partial charge in [-0.1, -0.05) is 64.1 Å². The normalized spacial score (nSPS) is 21.1. The predicted octanol–water partition coefficient (Wildman–Crippen LogP) is 4.75. The van der Waals surface area contributed by atoms with Gasteiger partial charge in [-0.15, -0.1) is 0 Å². The van der Waals surface area contributed by atoms with Gasteiger partial charge in [-0.05, 0) is 23.3 Å². The van der Waals surface area contributed by atoms with Gasteiger partial charge in [0.1, 0.15) is 0 Å². The largest absolute Gasteiger partial charge is 0.347 e. The first-order valence-electron chi connectivity index (χ1n) is 10.3. The lowest BCUT2D eigenvalue weighted by atomic mass is 9.82. The smallest absolute Gasteiger partial charge is 0.227 e. The number of nitrogens with zero attached hydrogens (tertiary/aromatic N) is 2. The Hall–Kier alpha value is -3.14. The average molecular weight is 401 g/mol. The van der Waals surface area contributed by atoms with E-state index in [-0.39, 0.29) is 10.8 Å². The van der Waals surface area contributed by atoms with E-state index in [1.54, 1.807) is 0 Å².